The molecule has 2 aromatic rings. The lowest BCUT2D eigenvalue weighted by atomic mass is 10.1. The lowest BCUT2D eigenvalue weighted by molar-refractivity contribution is 0.750. The van der Waals surface area contributed by atoms with Crippen molar-refractivity contribution in [3.63, 3.8) is 0 Å². The van der Waals surface area contributed by atoms with E-state index in [1.54, 1.807) is 15.4 Å². The molecule has 2 heterocycles. The molecule has 3 rings (SSSR count). The zero-order chi connectivity index (χ0) is 13.1. The van der Waals surface area contributed by atoms with E-state index in [-0.39, 0.29) is 5.91 Å². The number of hydrogen-bond donors (Lipinski definition) is 0. The van der Waals surface area contributed by atoms with Gasteiger partial charge in [-0.05, 0) is 49.1 Å². The first kappa shape index (κ1) is 14.3. The second-order valence-electron chi connectivity index (χ2n) is 4.36. The van der Waals surface area contributed by atoms with Gasteiger partial charge in [0.05, 0.1) is 0 Å². The summed E-state index contributed by atoms with van der Waals surface area (Å²) in [5.74, 6) is 0.0523. The Labute approximate surface area is 119 Å². The summed E-state index contributed by atoms with van der Waals surface area (Å²) in [5.41, 5.74) is 3.07. The van der Waals surface area contributed by atoms with E-state index in [0.29, 0.717) is 0 Å². The van der Waals surface area contributed by atoms with Gasteiger partial charge in [-0.15, -0.1) is 10.9 Å². The number of fused-ring (bicyclic) bond motifs is 2. The van der Waals surface area contributed by atoms with Crippen LogP contribution in [0.25, 0.3) is 9.82 Å². The van der Waals surface area contributed by atoms with E-state index >= 15 is 0 Å². The van der Waals surface area contributed by atoms with Crippen LogP contribution in [-0.2, 0) is 6.42 Å². The lowest BCUT2D eigenvalue weighted by Crippen LogP contribution is -2.17. The van der Waals surface area contributed by atoms with E-state index in [2.05, 4.69) is 41.3 Å². The molecule has 0 amide bonds. The Morgan fingerprint density at radius 2 is 2.06 bits per heavy atom. The van der Waals surface area contributed by atoms with Crippen molar-refractivity contribution in [1.82, 2.24) is 0 Å². The average molecular weight is 299 g/mol. The van der Waals surface area contributed by atoms with Gasteiger partial charge in [-0.2, -0.15) is 0 Å². The average Bonchev–Trinajstić information content (AvgIpc) is 2.56. The Bertz CT molecular complexity index is 515. The molecule has 0 N–H and O–H groups in total. The number of rotatable bonds is 1. The second-order valence-corrected chi connectivity index (χ2v) is 10.9. The van der Waals surface area contributed by atoms with E-state index in [4.69, 9.17) is 0 Å². The molecular weight excluding hydrogens is 277 g/mol. The maximum absolute atomic E-state index is 2.47. The van der Waals surface area contributed by atoms with E-state index in [0.717, 1.165) is 0 Å². The van der Waals surface area contributed by atoms with Gasteiger partial charge in [-0.3, -0.25) is 0 Å². The molecule has 0 saturated heterocycles. The van der Waals surface area contributed by atoms with Crippen LogP contribution in [0.5, 0.6) is 0 Å². The minimum Gasteiger partial charge on any atom is -0.374 e. The normalized spacial score (nSPS) is 16.0. The maximum Gasteiger partial charge on any atom is 0.0450 e. The Morgan fingerprint density at radius 1 is 1.28 bits per heavy atom. The van der Waals surface area contributed by atoms with Crippen molar-refractivity contribution in [2.75, 3.05) is 24.7 Å². The first-order chi connectivity index (χ1) is 8.79. The number of aryl methyl sites for hydroxylation is 1. The van der Waals surface area contributed by atoms with Crippen molar-refractivity contribution in [3.8, 4) is 0 Å². The fraction of sp³-hybridized carbons (Fsp3) is 0.571. The molecule has 1 aliphatic heterocycles. The highest BCUT2D eigenvalue weighted by Gasteiger charge is 2.16. The van der Waals surface area contributed by atoms with Crippen LogP contribution in [-0.4, -0.2) is 19.8 Å². The highest BCUT2D eigenvalue weighted by Crippen LogP contribution is 2.59. The van der Waals surface area contributed by atoms with Crippen molar-refractivity contribution >= 4 is 43.7 Å². The van der Waals surface area contributed by atoms with E-state index in [1.807, 2.05) is 25.2 Å². The van der Waals surface area contributed by atoms with Gasteiger partial charge in [-0.1, -0.05) is 25.2 Å². The van der Waals surface area contributed by atoms with Crippen LogP contribution >= 0.6 is 28.2 Å². The fourth-order valence-corrected chi connectivity index (χ4v) is 8.11. The van der Waals surface area contributed by atoms with Gasteiger partial charge in [0.15, 0.2) is 0 Å². The molecule has 0 saturated carbocycles. The first-order valence-electron chi connectivity index (χ1n) is 6.70. The van der Waals surface area contributed by atoms with E-state index in [1.165, 1.54) is 31.5 Å². The topological polar surface area (TPSA) is 3.24 Å². The van der Waals surface area contributed by atoms with Crippen LogP contribution in [0, 0.1) is 0 Å². The molecule has 0 aliphatic carbocycles. The summed E-state index contributed by atoms with van der Waals surface area (Å²) >= 11 is 2.02. The van der Waals surface area contributed by atoms with Crippen molar-refractivity contribution in [3.05, 3.63) is 17.7 Å². The van der Waals surface area contributed by atoms with Gasteiger partial charge < -0.3 is 4.90 Å². The Hall–Kier alpha value is -0.110. The molecular formula is C14H22NPS2. The molecule has 18 heavy (non-hydrogen) atoms. The summed E-state index contributed by atoms with van der Waals surface area (Å²) in [6.07, 6.45) is 6.18. The molecule has 1 atom stereocenters. The van der Waals surface area contributed by atoms with Crippen molar-refractivity contribution in [1.29, 1.82) is 0 Å². The quantitative estimate of drug-likeness (QED) is 0.653. The number of nitrogens with zero attached hydrogens (tertiary/aromatic N) is 1. The highest BCUT2D eigenvalue weighted by molar-refractivity contribution is 8.64. The van der Waals surface area contributed by atoms with Gasteiger partial charge in [0.25, 0.3) is 0 Å². The second kappa shape index (κ2) is 6.36. The van der Waals surface area contributed by atoms with Crippen molar-refractivity contribution in [2.45, 2.75) is 33.1 Å². The monoisotopic (exact) mass is 299 g/mol. The fourth-order valence-electron chi connectivity index (χ4n) is 2.39. The third-order valence-electron chi connectivity index (χ3n) is 3.30. The van der Waals surface area contributed by atoms with Crippen LogP contribution in [0.15, 0.2) is 12.1 Å². The zero-order valence-electron chi connectivity index (χ0n) is 11.7. The molecule has 100 valence electrons. The van der Waals surface area contributed by atoms with Crippen LogP contribution < -0.4 is 4.90 Å². The van der Waals surface area contributed by atoms with Crippen LogP contribution in [0.4, 0.5) is 5.69 Å². The maximum atomic E-state index is 2.47. The summed E-state index contributed by atoms with van der Waals surface area (Å²) < 4.78 is 1.55. The van der Waals surface area contributed by atoms with Gasteiger partial charge in [0.2, 0.25) is 0 Å². The molecule has 0 fully saturated rings. The minimum absolute atomic E-state index is 0.0523. The zero-order valence-corrected chi connectivity index (χ0v) is 14.2. The highest BCUT2D eigenvalue weighted by atomic mass is 33.0. The number of anilines is 1. The van der Waals surface area contributed by atoms with Crippen LogP contribution in [0.3, 0.4) is 0 Å². The van der Waals surface area contributed by atoms with Gasteiger partial charge >= 0.3 is 0 Å². The van der Waals surface area contributed by atoms with E-state index in [9.17, 15) is 0 Å². The lowest BCUT2D eigenvalue weighted by Gasteiger charge is -2.21. The van der Waals surface area contributed by atoms with Gasteiger partial charge in [0.1, 0.15) is 0 Å². The molecule has 1 aliphatic rings. The van der Waals surface area contributed by atoms with Crippen molar-refractivity contribution in [2.24, 2.45) is 0 Å². The van der Waals surface area contributed by atoms with Crippen LogP contribution in [0.2, 0.25) is 0 Å². The molecule has 0 spiro atoms. The SMILES string of the molecule is CC.CSp1sc2cc3c(cc21)N(C)CCCC3. The Kier molecular flexibility index (Phi) is 5.06. The summed E-state index contributed by atoms with van der Waals surface area (Å²) in [7, 11) is 4.33. The predicted octanol–water partition coefficient (Wildman–Crippen LogP) is 5.81. The molecule has 4 heteroatoms. The molecule has 0 bridgehead atoms. The number of benzene rings is 1. The third-order valence-corrected chi connectivity index (χ3v) is 10.5. The molecule has 1 unspecified atom stereocenters. The van der Waals surface area contributed by atoms with Crippen LogP contribution in [0.1, 0.15) is 32.3 Å². The summed E-state index contributed by atoms with van der Waals surface area (Å²) in [6, 6.07) is 4.92. The summed E-state index contributed by atoms with van der Waals surface area (Å²) in [6.45, 7) is 5.22. The first-order valence-corrected chi connectivity index (χ1v) is 11.3. The van der Waals surface area contributed by atoms with E-state index < -0.39 is 0 Å². The Balaban J connectivity index is 0.000000574. The largest absolute Gasteiger partial charge is 0.374 e. The summed E-state index contributed by atoms with van der Waals surface area (Å²) in [5, 5.41) is 1.63. The smallest absolute Gasteiger partial charge is 0.0450 e. The van der Waals surface area contributed by atoms with Gasteiger partial charge in [0, 0.05) is 29.1 Å². The minimum atomic E-state index is 0.0523. The third kappa shape index (κ3) is 2.59. The molecule has 1 aromatic carbocycles. The molecule has 0 radical (unpaired) electrons. The van der Waals surface area contributed by atoms with Crippen molar-refractivity contribution < 1.29 is 0 Å². The van der Waals surface area contributed by atoms with Gasteiger partial charge in [-0.25, -0.2) is 0 Å². The number of hydrogen-bond acceptors (Lipinski definition) is 3. The standard InChI is InChI=1S/C12H16NPS2.C2H6/c1-13-6-4-3-5-9-7-12-11(8-10(9)13)14(15-2)16-12;1-2/h7-8H,3-6H2,1-2H3;1-2H3. The molecule has 1 aromatic heterocycles. The molecule has 1 nitrogen and oxygen atoms in total. The summed E-state index contributed by atoms with van der Waals surface area (Å²) in [4.78, 5) is 2.44. The predicted molar refractivity (Wildman–Crippen MR) is 91.0 cm³/mol. The Morgan fingerprint density at radius 3 is 2.78 bits per heavy atom.